The highest BCUT2D eigenvalue weighted by Crippen LogP contribution is 2.44. The van der Waals surface area contributed by atoms with Crippen LogP contribution in [0.4, 0.5) is 5.69 Å². The lowest BCUT2D eigenvalue weighted by atomic mass is 9.79. The number of allylic oxidation sites excluding steroid dienone is 2. The normalized spacial score (nSPS) is 24.5. The molecule has 0 unspecified atom stereocenters. The molecule has 1 heterocycles. The Morgan fingerprint density at radius 1 is 1.30 bits per heavy atom. The maximum atomic E-state index is 12.6. The molecule has 1 aliphatic heterocycles. The van der Waals surface area contributed by atoms with E-state index in [4.69, 9.17) is 0 Å². The van der Waals surface area contributed by atoms with Crippen LogP contribution in [0, 0.1) is 5.92 Å². The zero-order valence-corrected chi connectivity index (χ0v) is 13.5. The number of fused-ring (bicyclic) bond motifs is 3. The van der Waals surface area contributed by atoms with E-state index in [0.717, 1.165) is 17.7 Å². The van der Waals surface area contributed by atoms with Gasteiger partial charge in [-0.25, -0.2) is 4.79 Å². The number of anilines is 1. The zero-order chi connectivity index (χ0) is 16.6. The first-order valence-electron chi connectivity index (χ1n) is 8.16. The molecule has 3 rings (SSSR count). The lowest BCUT2D eigenvalue weighted by Crippen LogP contribution is -2.42. The molecule has 122 valence electrons. The van der Waals surface area contributed by atoms with Crippen molar-refractivity contribution in [2.45, 2.75) is 32.2 Å². The second-order valence-electron chi connectivity index (χ2n) is 6.09. The Morgan fingerprint density at radius 3 is 2.70 bits per heavy atom. The van der Waals surface area contributed by atoms with E-state index in [-0.39, 0.29) is 17.7 Å². The van der Waals surface area contributed by atoms with Gasteiger partial charge in [0.1, 0.15) is 6.04 Å². The minimum absolute atomic E-state index is 0.0128. The molecular formula is C18H22N2O3. The van der Waals surface area contributed by atoms with Crippen molar-refractivity contribution in [3.63, 3.8) is 0 Å². The van der Waals surface area contributed by atoms with Gasteiger partial charge in [-0.2, -0.15) is 0 Å². The van der Waals surface area contributed by atoms with Crippen LogP contribution in [-0.4, -0.2) is 41.0 Å². The zero-order valence-electron chi connectivity index (χ0n) is 13.5. The number of hydrogen-bond acceptors (Lipinski definition) is 3. The van der Waals surface area contributed by atoms with Gasteiger partial charge in [-0.1, -0.05) is 12.2 Å². The summed E-state index contributed by atoms with van der Waals surface area (Å²) in [5.74, 6) is -0.718. The van der Waals surface area contributed by atoms with Crippen LogP contribution in [0.1, 0.15) is 42.1 Å². The molecule has 0 fully saturated rings. The van der Waals surface area contributed by atoms with Crippen LogP contribution in [0.15, 0.2) is 30.4 Å². The van der Waals surface area contributed by atoms with Gasteiger partial charge in [-0.05, 0) is 44.0 Å². The number of carboxylic acids is 1. The highest BCUT2D eigenvalue weighted by Gasteiger charge is 2.40. The fourth-order valence-electron chi connectivity index (χ4n) is 3.67. The molecule has 5 nitrogen and oxygen atoms in total. The Labute approximate surface area is 136 Å². The maximum Gasteiger partial charge on any atom is 0.326 e. The van der Waals surface area contributed by atoms with Crippen molar-refractivity contribution in [1.29, 1.82) is 0 Å². The number of benzene rings is 1. The SMILES string of the molecule is CCN(CC)C(=O)c1ccc2c(c1)[C@H]1C=CC[C@@H]1[C@H](C(=O)O)N2. The summed E-state index contributed by atoms with van der Waals surface area (Å²) >= 11 is 0. The molecule has 0 aromatic heterocycles. The first-order valence-corrected chi connectivity index (χ1v) is 8.16. The molecule has 1 aromatic carbocycles. The van der Waals surface area contributed by atoms with Crippen LogP contribution >= 0.6 is 0 Å². The number of amides is 1. The van der Waals surface area contributed by atoms with Gasteiger partial charge in [0.15, 0.2) is 0 Å². The van der Waals surface area contributed by atoms with Gasteiger partial charge in [0, 0.05) is 36.2 Å². The molecule has 0 saturated carbocycles. The molecule has 23 heavy (non-hydrogen) atoms. The van der Waals surface area contributed by atoms with Crippen molar-refractivity contribution in [1.82, 2.24) is 4.90 Å². The highest BCUT2D eigenvalue weighted by atomic mass is 16.4. The summed E-state index contributed by atoms with van der Waals surface area (Å²) < 4.78 is 0. The number of nitrogens with one attached hydrogen (secondary N) is 1. The fourth-order valence-corrected chi connectivity index (χ4v) is 3.67. The molecule has 1 aromatic rings. The molecule has 5 heteroatoms. The quantitative estimate of drug-likeness (QED) is 0.838. The van der Waals surface area contributed by atoms with Crippen LogP contribution < -0.4 is 5.32 Å². The van der Waals surface area contributed by atoms with E-state index >= 15 is 0 Å². The van der Waals surface area contributed by atoms with Gasteiger partial charge < -0.3 is 15.3 Å². The molecule has 0 radical (unpaired) electrons. The van der Waals surface area contributed by atoms with Crippen molar-refractivity contribution in [3.8, 4) is 0 Å². The molecule has 3 atom stereocenters. The van der Waals surface area contributed by atoms with E-state index in [1.54, 1.807) is 11.0 Å². The monoisotopic (exact) mass is 314 g/mol. The second kappa shape index (κ2) is 6.07. The largest absolute Gasteiger partial charge is 0.480 e. The third kappa shape index (κ3) is 2.60. The van der Waals surface area contributed by atoms with Crippen molar-refractivity contribution in [2.24, 2.45) is 5.92 Å². The Bertz CT molecular complexity index is 664. The number of rotatable bonds is 4. The number of aliphatic carboxylic acids is 1. The average molecular weight is 314 g/mol. The van der Waals surface area contributed by atoms with Gasteiger partial charge in [0.05, 0.1) is 0 Å². The summed E-state index contributed by atoms with van der Waals surface area (Å²) in [6.45, 7) is 5.29. The van der Waals surface area contributed by atoms with E-state index in [0.29, 0.717) is 18.7 Å². The van der Waals surface area contributed by atoms with Crippen LogP contribution in [0.25, 0.3) is 0 Å². The molecule has 1 aliphatic carbocycles. The molecular weight excluding hydrogens is 292 g/mol. The van der Waals surface area contributed by atoms with Crippen molar-refractivity contribution >= 4 is 17.6 Å². The summed E-state index contributed by atoms with van der Waals surface area (Å²) in [6.07, 6.45) is 4.87. The topological polar surface area (TPSA) is 69.6 Å². The number of carbonyl (C=O) groups excluding carboxylic acids is 1. The third-order valence-corrected chi connectivity index (χ3v) is 4.93. The van der Waals surface area contributed by atoms with Gasteiger partial charge in [0.25, 0.3) is 5.91 Å². The smallest absolute Gasteiger partial charge is 0.326 e. The summed E-state index contributed by atoms with van der Waals surface area (Å²) in [7, 11) is 0. The number of hydrogen-bond donors (Lipinski definition) is 2. The maximum absolute atomic E-state index is 12.6. The van der Waals surface area contributed by atoms with E-state index < -0.39 is 12.0 Å². The fraction of sp³-hybridized carbons (Fsp3) is 0.444. The summed E-state index contributed by atoms with van der Waals surface area (Å²) in [6, 6.07) is 4.97. The number of carbonyl (C=O) groups is 2. The first kappa shape index (κ1) is 15.6. The Kier molecular flexibility index (Phi) is 4.11. The van der Waals surface area contributed by atoms with Gasteiger partial charge in [-0.3, -0.25) is 4.79 Å². The van der Waals surface area contributed by atoms with Gasteiger partial charge in [-0.15, -0.1) is 0 Å². The molecule has 2 N–H and O–H groups in total. The highest BCUT2D eigenvalue weighted by molar-refractivity contribution is 5.95. The van der Waals surface area contributed by atoms with Crippen LogP contribution in [0.5, 0.6) is 0 Å². The molecule has 2 aliphatic rings. The van der Waals surface area contributed by atoms with Crippen molar-refractivity contribution < 1.29 is 14.7 Å². The summed E-state index contributed by atoms with van der Waals surface area (Å²) in [4.78, 5) is 25.8. The van der Waals surface area contributed by atoms with E-state index in [2.05, 4.69) is 11.4 Å². The second-order valence-corrected chi connectivity index (χ2v) is 6.09. The standard InChI is InChI=1S/C18H22N2O3/c1-3-20(4-2)17(21)11-8-9-15-14(10-11)12-6-5-7-13(12)16(19-15)18(22)23/h5-6,8-10,12-13,16,19H,3-4,7H2,1-2H3,(H,22,23)/t12-,13-,16+/m0/s1. The first-order chi connectivity index (χ1) is 11.1. The van der Waals surface area contributed by atoms with Crippen LogP contribution in [0.3, 0.4) is 0 Å². The van der Waals surface area contributed by atoms with Crippen LogP contribution in [0.2, 0.25) is 0 Å². The minimum Gasteiger partial charge on any atom is -0.480 e. The lowest BCUT2D eigenvalue weighted by Gasteiger charge is -2.35. The third-order valence-electron chi connectivity index (χ3n) is 4.93. The number of nitrogens with zero attached hydrogens (tertiary/aromatic N) is 1. The molecule has 1 amide bonds. The Hall–Kier alpha value is -2.30. The van der Waals surface area contributed by atoms with Gasteiger partial charge >= 0.3 is 5.97 Å². The summed E-state index contributed by atoms with van der Waals surface area (Å²) in [5.41, 5.74) is 2.52. The minimum atomic E-state index is -0.822. The Balaban J connectivity index is 1.97. The average Bonchev–Trinajstić information content (AvgIpc) is 3.04. The van der Waals surface area contributed by atoms with Crippen molar-refractivity contribution in [2.75, 3.05) is 18.4 Å². The number of carboxylic acid groups (broad SMARTS) is 1. The molecule has 0 saturated heterocycles. The van der Waals surface area contributed by atoms with Gasteiger partial charge in [0.2, 0.25) is 0 Å². The molecule has 0 spiro atoms. The van der Waals surface area contributed by atoms with Crippen molar-refractivity contribution in [3.05, 3.63) is 41.5 Å². The summed E-state index contributed by atoms with van der Waals surface area (Å²) in [5, 5.41) is 12.6. The predicted octanol–water partition coefficient (Wildman–Crippen LogP) is 2.71. The Morgan fingerprint density at radius 2 is 2.04 bits per heavy atom. The van der Waals surface area contributed by atoms with E-state index in [1.807, 2.05) is 32.1 Å². The lowest BCUT2D eigenvalue weighted by molar-refractivity contribution is -0.139. The van der Waals surface area contributed by atoms with Crippen LogP contribution in [-0.2, 0) is 4.79 Å². The van der Waals surface area contributed by atoms with E-state index in [1.165, 1.54) is 0 Å². The van der Waals surface area contributed by atoms with E-state index in [9.17, 15) is 14.7 Å². The predicted molar refractivity (Wildman–Crippen MR) is 88.7 cm³/mol. The molecule has 0 bridgehead atoms.